The molecule has 1 fully saturated rings. The van der Waals surface area contributed by atoms with E-state index in [0.717, 1.165) is 5.69 Å². The van der Waals surface area contributed by atoms with Crippen LogP contribution in [0.25, 0.3) is 0 Å². The number of hydrogen-bond donors (Lipinski definition) is 1. The van der Waals surface area contributed by atoms with Crippen molar-refractivity contribution in [1.82, 2.24) is 10.5 Å². The molecule has 2 aliphatic heterocycles. The van der Waals surface area contributed by atoms with Crippen molar-refractivity contribution in [2.45, 2.75) is 25.4 Å². The van der Waals surface area contributed by atoms with E-state index in [4.69, 9.17) is 4.84 Å². The summed E-state index contributed by atoms with van der Waals surface area (Å²) in [5, 5.41) is 11.3. The fourth-order valence-corrected chi connectivity index (χ4v) is 3.49. The zero-order valence-corrected chi connectivity index (χ0v) is 15.8. The first-order chi connectivity index (χ1) is 14.0. The highest BCUT2D eigenvalue weighted by Gasteiger charge is 2.39. The molecule has 1 spiro atoms. The molecule has 1 aromatic carbocycles. The second-order valence-corrected chi connectivity index (χ2v) is 7.10. The number of benzene rings is 1. The number of halogens is 1. The fourth-order valence-electron chi connectivity index (χ4n) is 3.49. The number of anilines is 1. The summed E-state index contributed by atoms with van der Waals surface area (Å²) in [6.45, 7) is 2.93. The lowest BCUT2D eigenvalue weighted by Crippen LogP contribution is -2.45. The molecule has 0 bridgehead atoms. The third-order valence-electron chi connectivity index (χ3n) is 5.08. The minimum atomic E-state index is -0.533. The van der Waals surface area contributed by atoms with Crippen LogP contribution in [-0.4, -0.2) is 28.6 Å². The monoisotopic (exact) mass is 394 g/mol. The van der Waals surface area contributed by atoms with E-state index >= 15 is 0 Å². The molecule has 3 heterocycles. The zero-order valence-electron chi connectivity index (χ0n) is 15.8. The summed E-state index contributed by atoms with van der Waals surface area (Å²) in [6, 6.07) is 9.47. The highest BCUT2D eigenvalue weighted by atomic mass is 19.1. The number of nitrogens with one attached hydrogen (secondary N) is 1. The van der Waals surface area contributed by atoms with Gasteiger partial charge in [0.1, 0.15) is 17.1 Å². The molecule has 1 saturated heterocycles. The normalized spacial score (nSPS) is 17.3. The SMILES string of the molecule is Cc1ccc([N+](=O)[O-])c(N2CCC3(C=C(C#Cc4ccccc4F)NO3)CC2)n1. The Labute approximate surface area is 167 Å². The van der Waals surface area contributed by atoms with Crippen LogP contribution in [0.4, 0.5) is 15.9 Å². The maximum absolute atomic E-state index is 13.7. The Bertz CT molecular complexity index is 1050. The van der Waals surface area contributed by atoms with E-state index in [1.807, 2.05) is 17.9 Å². The number of piperidine rings is 1. The molecule has 2 aromatic rings. The Morgan fingerprint density at radius 1 is 1.24 bits per heavy atom. The van der Waals surface area contributed by atoms with Gasteiger partial charge in [0.2, 0.25) is 5.82 Å². The van der Waals surface area contributed by atoms with Crippen LogP contribution < -0.4 is 10.4 Å². The lowest BCUT2D eigenvalue weighted by molar-refractivity contribution is -0.384. The molecule has 1 N–H and O–H groups in total. The number of nitrogens with zero attached hydrogens (tertiary/aromatic N) is 3. The summed E-state index contributed by atoms with van der Waals surface area (Å²) in [5.74, 6) is 5.73. The number of pyridine rings is 1. The largest absolute Gasteiger partial charge is 0.351 e. The molecule has 0 atom stereocenters. The zero-order chi connectivity index (χ0) is 20.4. The van der Waals surface area contributed by atoms with Gasteiger partial charge in [0.25, 0.3) is 0 Å². The van der Waals surface area contributed by atoms with E-state index in [2.05, 4.69) is 22.3 Å². The first-order valence-electron chi connectivity index (χ1n) is 9.26. The third kappa shape index (κ3) is 3.91. The minimum absolute atomic E-state index is 0.00370. The summed E-state index contributed by atoms with van der Waals surface area (Å²) in [4.78, 5) is 23.0. The average Bonchev–Trinajstić information content (AvgIpc) is 3.10. The van der Waals surface area contributed by atoms with Gasteiger partial charge in [-0.25, -0.2) is 9.37 Å². The number of aromatic nitrogens is 1. The molecule has 4 rings (SSSR count). The van der Waals surface area contributed by atoms with Crippen LogP contribution in [0.1, 0.15) is 24.1 Å². The summed E-state index contributed by atoms with van der Waals surface area (Å²) >= 11 is 0. The Hall–Kier alpha value is -3.44. The quantitative estimate of drug-likeness (QED) is 0.479. The molecule has 0 saturated carbocycles. The van der Waals surface area contributed by atoms with Crippen LogP contribution in [0, 0.1) is 34.7 Å². The summed E-state index contributed by atoms with van der Waals surface area (Å²) in [7, 11) is 0. The molecule has 8 heteroatoms. The van der Waals surface area contributed by atoms with Gasteiger partial charge in [-0.3, -0.25) is 20.4 Å². The fraction of sp³-hybridized carbons (Fsp3) is 0.286. The van der Waals surface area contributed by atoms with Gasteiger partial charge in [0.05, 0.1) is 10.5 Å². The van der Waals surface area contributed by atoms with Crippen LogP contribution in [0.15, 0.2) is 48.2 Å². The van der Waals surface area contributed by atoms with E-state index in [1.54, 1.807) is 24.3 Å². The predicted octanol–water partition coefficient (Wildman–Crippen LogP) is 3.25. The number of allylic oxidation sites excluding steroid dienone is 1. The number of rotatable bonds is 2. The van der Waals surface area contributed by atoms with E-state index < -0.39 is 10.5 Å². The molecule has 0 radical (unpaired) electrons. The predicted molar refractivity (Wildman–Crippen MR) is 105 cm³/mol. The third-order valence-corrected chi connectivity index (χ3v) is 5.08. The molecule has 7 nitrogen and oxygen atoms in total. The Kier molecular flexibility index (Phi) is 4.91. The van der Waals surface area contributed by atoms with Crippen molar-refractivity contribution in [2.24, 2.45) is 0 Å². The van der Waals surface area contributed by atoms with Gasteiger partial charge in [0, 0.05) is 37.7 Å². The minimum Gasteiger partial charge on any atom is -0.351 e. The smallest absolute Gasteiger partial charge is 0.311 e. The summed E-state index contributed by atoms with van der Waals surface area (Å²) in [5.41, 5.74) is 3.93. The van der Waals surface area contributed by atoms with E-state index in [0.29, 0.717) is 43.0 Å². The van der Waals surface area contributed by atoms with Gasteiger partial charge in [-0.05, 0) is 37.1 Å². The Morgan fingerprint density at radius 2 is 2.00 bits per heavy atom. The second kappa shape index (κ2) is 7.53. The number of aryl methyl sites for hydroxylation is 1. The molecule has 1 aromatic heterocycles. The number of hydrogen-bond acceptors (Lipinski definition) is 6. The molecular weight excluding hydrogens is 375 g/mol. The molecular formula is C21H19FN4O3. The molecule has 0 unspecified atom stereocenters. The van der Waals surface area contributed by atoms with Gasteiger partial charge in [0.15, 0.2) is 0 Å². The molecule has 29 heavy (non-hydrogen) atoms. The molecule has 0 amide bonds. The molecule has 0 aliphatic carbocycles. The molecule has 148 valence electrons. The van der Waals surface area contributed by atoms with Gasteiger partial charge in [-0.1, -0.05) is 18.1 Å². The van der Waals surface area contributed by atoms with Crippen molar-refractivity contribution < 1.29 is 14.2 Å². The molecule has 2 aliphatic rings. The van der Waals surface area contributed by atoms with Crippen molar-refractivity contribution in [1.29, 1.82) is 0 Å². The maximum atomic E-state index is 13.7. The van der Waals surface area contributed by atoms with E-state index in [9.17, 15) is 14.5 Å². The van der Waals surface area contributed by atoms with Crippen molar-refractivity contribution in [2.75, 3.05) is 18.0 Å². The van der Waals surface area contributed by atoms with Crippen LogP contribution in [0.3, 0.4) is 0 Å². The first-order valence-corrected chi connectivity index (χ1v) is 9.26. The maximum Gasteiger partial charge on any atom is 0.311 e. The first kappa shape index (κ1) is 18.9. The second-order valence-electron chi connectivity index (χ2n) is 7.10. The van der Waals surface area contributed by atoms with E-state index in [1.165, 1.54) is 12.1 Å². The highest BCUT2D eigenvalue weighted by molar-refractivity contribution is 5.58. The van der Waals surface area contributed by atoms with Crippen molar-refractivity contribution >= 4 is 11.5 Å². The lowest BCUT2D eigenvalue weighted by atomic mass is 9.91. The van der Waals surface area contributed by atoms with Crippen LogP contribution >= 0.6 is 0 Å². The Balaban J connectivity index is 1.48. The highest BCUT2D eigenvalue weighted by Crippen LogP contribution is 2.35. The van der Waals surface area contributed by atoms with Crippen LogP contribution in [0.5, 0.6) is 0 Å². The van der Waals surface area contributed by atoms with Gasteiger partial charge < -0.3 is 4.90 Å². The van der Waals surface area contributed by atoms with Gasteiger partial charge >= 0.3 is 5.69 Å². The van der Waals surface area contributed by atoms with Crippen molar-refractivity contribution in [3.63, 3.8) is 0 Å². The van der Waals surface area contributed by atoms with Crippen molar-refractivity contribution in [3.05, 3.63) is 75.4 Å². The average molecular weight is 394 g/mol. The van der Waals surface area contributed by atoms with Gasteiger partial charge in [-0.15, -0.1) is 0 Å². The van der Waals surface area contributed by atoms with Crippen molar-refractivity contribution in [3.8, 4) is 11.8 Å². The van der Waals surface area contributed by atoms with Crippen LogP contribution in [-0.2, 0) is 4.84 Å². The summed E-state index contributed by atoms with van der Waals surface area (Å²) < 4.78 is 13.7. The topological polar surface area (TPSA) is 80.5 Å². The number of hydroxylamine groups is 1. The van der Waals surface area contributed by atoms with Gasteiger partial charge in [-0.2, -0.15) is 0 Å². The lowest BCUT2D eigenvalue weighted by Gasteiger charge is -2.36. The summed E-state index contributed by atoms with van der Waals surface area (Å²) in [6.07, 6.45) is 3.16. The van der Waals surface area contributed by atoms with E-state index in [-0.39, 0.29) is 11.5 Å². The standard InChI is InChI=1S/C21H19FN4O3/c1-15-6-9-19(26(27)28)20(23-15)25-12-10-21(11-13-25)14-17(24-29-21)8-7-16-4-2-3-5-18(16)22/h2-6,9,14,24H,10-13H2,1H3. The number of nitro groups is 1. The Morgan fingerprint density at radius 3 is 2.72 bits per heavy atom. The van der Waals surface area contributed by atoms with Crippen LogP contribution in [0.2, 0.25) is 0 Å².